The normalized spacial score (nSPS) is 18.1. The van der Waals surface area contributed by atoms with E-state index in [1.807, 2.05) is 0 Å². The first-order valence-electron chi connectivity index (χ1n) is 8.97. The molecule has 6 nitrogen and oxygen atoms in total. The van der Waals surface area contributed by atoms with E-state index >= 15 is 0 Å². The summed E-state index contributed by atoms with van der Waals surface area (Å²) in [4.78, 5) is 16.3. The summed E-state index contributed by atoms with van der Waals surface area (Å²) in [6, 6.07) is 1.72. The Kier molecular flexibility index (Phi) is 4.24. The van der Waals surface area contributed by atoms with Crippen LogP contribution in [-0.2, 0) is 19.1 Å². The highest BCUT2D eigenvalue weighted by molar-refractivity contribution is 6.03. The molecule has 1 fully saturated rings. The van der Waals surface area contributed by atoms with E-state index in [4.69, 9.17) is 0 Å². The molecule has 2 aliphatic rings. The predicted octanol–water partition coefficient (Wildman–Crippen LogP) is 3.87. The van der Waals surface area contributed by atoms with Crippen molar-refractivity contribution in [1.29, 1.82) is 0 Å². The van der Waals surface area contributed by atoms with Gasteiger partial charge in [0.2, 0.25) is 0 Å². The number of halogens is 3. The molecular weight excluding hydrogens is 347 g/mol. The number of hydrogen-bond donors (Lipinski definition) is 2. The van der Waals surface area contributed by atoms with Gasteiger partial charge in [-0.3, -0.25) is 9.89 Å². The van der Waals surface area contributed by atoms with Gasteiger partial charge in [-0.2, -0.15) is 18.3 Å². The maximum Gasteiger partial charge on any atom is 0.435 e. The SMILES string of the molecule is O=C(Nc1cc(C2CCCC2)[nH]n1)c1c(C(F)(F)F)nc2n1CCCC2. The number of imidazole rings is 1. The summed E-state index contributed by atoms with van der Waals surface area (Å²) in [7, 11) is 0. The van der Waals surface area contributed by atoms with Crippen LogP contribution in [0, 0.1) is 0 Å². The number of amides is 1. The molecule has 1 aliphatic heterocycles. The van der Waals surface area contributed by atoms with Crippen LogP contribution in [0.1, 0.15) is 72.1 Å². The maximum absolute atomic E-state index is 13.4. The first kappa shape index (κ1) is 17.1. The molecule has 1 saturated carbocycles. The summed E-state index contributed by atoms with van der Waals surface area (Å²) < 4.78 is 41.5. The molecule has 4 rings (SSSR count). The Hall–Kier alpha value is -2.32. The number of rotatable bonds is 3. The molecule has 0 unspecified atom stereocenters. The van der Waals surface area contributed by atoms with Gasteiger partial charge in [0, 0.05) is 30.6 Å². The Bertz CT molecular complexity index is 817. The third kappa shape index (κ3) is 3.10. The minimum atomic E-state index is -4.67. The molecule has 0 saturated heterocycles. The minimum Gasteiger partial charge on any atom is -0.323 e. The van der Waals surface area contributed by atoms with Crippen LogP contribution < -0.4 is 5.32 Å². The van der Waals surface area contributed by atoms with Crippen molar-refractivity contribution in [3.8, 4) is 0 Å². The van der Waals surface area contributed by atoms with E-state index in [-0.39, 0.29) is 5.82 Å². The standard InChI is InChI=1S/C17H20F3N5O/c18-17(19,20)15-14(25-8-4-3-7-13(25)22-15)16(26)21-12-9-11(23-24-12)10-5-1-2-6-10/h9-10H,1-8H2,(H2,21,23,24,26). The maximum atomic E-state index is 13.4. The Morgan fingerprint density at radius 3 is 2.73 bits per heavy atom. The van der Waals surface area contributed by atoms with Gasteiger partial charge in [-0.25, -0.2) is 4.98 Å². The average Bonchev–Trinajstić information content (AvgIpc) is 3.32. The van der Waals surface area contributed by atoms with E-state index in [1.165, 1.54) is 4.57 Å². The quantitative estimate of drug-likeness (QED) is 0.865. The average molecular weight is 367 g/mol. The van der Waals surface area contributed by atoms with Gasteiger partial charge in [0.15, 0.2) is 11.5 Å². The number of aromatic nitrogens is 4. The number of fused-ring (bicyclic) bond motifs is 1. The summed E-state index contributed by atoms with van der Waals surface area (Å²) in [6.45, 7) is 0.370. The molecule has 1 amide bonds. The van der Waals surface area contributed by atoms with E-state index in [0.717, 1.165) is 44.2 Å². The van der Waals surface area contributed by atoms with Crippen molar-refractivity contribution in [1.82, 2.24) is 19.7 Å². The van der Waals surface area contributed by atoms with E-state index in [1.54, 1.807) is 6.07 Å². The van der Waals surface area contributed by atoms with Crippen LogP contribution in [0.15, 0.2) is 6.07 Å². The second-order valence-corrected chi connectivity index (χ2v) is 6.98. The summed E-state index contributed by atoms with van der Waals surface area (Å²) in [5, 5.41) is 9.45. The summed E-state index contributed by atoms with van der Waals surface area (Å²) >= 11 is 0. The third-order valence-electron chi connectivity index (χ3n) is 5.20. The van der Waals surface area contributed by atoms with Gasteiger partial charge >= 0.3 is 6.18 Å². The molecule has 0 spiro atoms. The molecule has 1 aliphatic carbocycles. The molecule has 0 radical (unpaired) electrons. The predicted molar refractivity (Wildman–Crippen MR) is 87.9 cm³/mol. The molecule has 3 heterocycles. The Labute approximate surface area is 148 Å². The molecular formula is C17H20F3N5O. The lowest BCUT2D eigenvalue weighted by molar-refractivity contribution is -0.141. The lowest BCUT2D eigenvalue weighted by Crippen LogP contribution is -2.23. The summed E-state index contributed by atoms with van der Waals surface area (Å²) in [5.74, 6) is 0.128. The molecule has 0 aromatic carbocycles. The first-order valence-corrected chi connectivity index (χ1v) is 8.97. The van der Waals surface area contributed by atoms with Crippen molar-refractivity contribution in [2.75, 3.05) is 5.32 Å². The van der Waals surface area contributed by atoms with Gasteiger partial charge in [-0.15, -0.1) is 0 Å². The van der Waals surface area contributed by atoms with Crippen molar-refractivity contribution in [2.45, 2.75) is 63.6 Å². The molecule has 2 aromatic rings. The smallest absolute Gasteiger partial charge is 0.323 e. The number of carbonyl (C=O) groups excluding carboxylic acids is 1. The van der Waals surface area contributed by atoms with Gasteiger partial charge in [0.1, 0.15) is 11.5 Å². The largest absolute Gasteiger partial charge is 0.435 e. The van der Waals surface area contributed by atoms with E-state index in [2.05, 4.69) is 20.5 Å². The zero-order valence-corrected chi connectivity index (χ0v) is 14.2. The van der Waals surface area contributed by atoms with Crippen molar-refractivity contribution < 1.29 is 18.0 Å². The van der Waals surface area contributed by atoms with Crippen molar-refractivity contribution >= 4 is 11.7 Å². The van der Waals surface area contributed by atoms with Crippen molar-refractivity contribution in [3.63, 3.8) is 0 Å². The number of hydrogen-bond acceptors (Lipinski definition) is 3. The van der Waals surface area contributed by atoms with Gasteiger partial charge < -0.3 is 9.88 Å². The topological polar surface area (TPSA) is 75.6 Å². The van der Waals surface area contributed by atoms with E-state index in [9.17, 15) is 18.0 Å². The Morgan fingerprint density at radius 2 is 2.00 bits per heavy atom. The monoisotopic (exact) mass is 367 g/mol. The minimum absolute atomic E-state index is 0.247. The zero-order chi connectivity index (χ0) is 18.3. The highest BCUT2D eigenvalue weighted by Gasteiger charge is 2.41. The molecule has 26 heavy (non-hydrogen) atoms. The number of alkyl halides is 3. The van der Waals surface area contributed by atoms with Crippen LogP contribution in [0.2, 0.25) is 0 Å². The number of nitrogens with zero attached hydrogens (tertiary/aromatic N) is 3. The van der Waals surface area contributed by atoms with Gasteiger partial charge in [0.05, 0.1) is 0 Å². The number of anilines is 1. The van der Waals surface area contributed by atoms with Gasteiger partial charge in [-0.05, 0) is 25.7 Å². The fourth-order valence-electron chi connectivity index (χ4n) is 3.93. The van der Waals surface area contributed by atoms with Crippen LogP contribution >= 0.6 is 0 Å². The van der Waals surface area contributed by atoms with Crippen LogP contribution in [0.3, 0.4) is 0 Å². The van der Waals surface area contributed by atoms with Crippen LogP contribution in [0.5, 0.6) is 0 Å². The zero-order valence-electron chi connectivity index (χ0n) is 14.2. The van der Waals surface area contributed by atoms with Gasteiger partial charge in [0.25, 0.3) is 5.91 Å². The second kappa shape index (κ2) is 6.44. The van der Waals surface area contributed by atoms with E-state index in [0.29, 0.717) is 24.7 Å². The number of H-pyrrole nitrogens is 1. The second-order valence-electron chi connectivity index (χ2n) is 6.98. The highest BCUT2D eigenvalue weighted by Crippen LogP contribution is 2.35. The third-order valence-corrected chi connectivity index (χ3v) is 5.20. The highest BCUT2D eigenvalue weighted by atomic mass is 19.4. The van der Waals surface area contributed by atoms with Crippen LogP contribution in [-0.4, -0.2) is 25.7 Å². The number of nitrogens with one attached hydrogen (secondary N) is 2. The van der Waals surface area contributed by atoms with Gasteiger partial charge in [-0.1, -0.05) is 12.8 Å². The lowest BCUT2D eigenvalue weighted by atomic mass is 10.0. The fourth-order valence-corrected chi connectivity index (χ4v) is 3.93. The molecule has 140 valence electrons. The number of carbonyl (C=O) groups is 1. The molecule has 0 atom stereocenters. The molecule has 0 bridgehead atoms. The van der Waals surface area contributed by atoms with Crippen molar-refractivity contribution in [3.05, 3.63) is 29.0 Å². The number of aryl methyl sites for hydroxylation is 1. The lowest BCUT2D eigenvalue weighted by Gasteiger charge is -2.16. The molecule has 2 aromatic heterocycles. The van der Waals surface area contributed by atoms with E-state index < -0.39 is 23.5 Å². The summed E-state index contributed by atoms with van der Waals surface area (Å²) in [5.41, 5.74) is -0.611. The fraction of sp³-hybridized carbons (Fsp3) is 0.588. The molecule has 9 heteroatoms. The molecule has 2 N–H and O–H groups in total. The van der Waals surface area contributed by atoms with Crippen molar-refractivity contribution in [2.24, 2.45) is 0 Å². The summed E-state index contributed by atoms with van der Waals surface area (Å²) in [6.07, 6.45) is 1.72. The van der Waals surface area contributed by atoms with Crippen LogP contribution in [0.25, 0.3) is 0 Å². The first-order chi connectivity index (χ1) is 12.4. The van der Waals surface area contributed by atoms with Crippen LogP contribution in [0.4, 0.5) is 19.0 Å². The number of aromatic amines is 1. The Balaban J connectivity index is 1.61. The Morgan fingerprint density at radius 1 is 1.23 bits per heavy atom.